The van der Waals surface area contributed by atoms with E-state index in [4.69, 9.17) is 11.6 Å². The van der Waals surface area contributed by atoms with Crippen molar-refractivity contribution in [3.05, 3.63) is 99.9 Å². The van der Waals surface area contributed by atoms with E-state index in [1.54, 1.807) is 24.3 Å². The second-order valence-corrected chi connectivity index (χ2v) is 8.96. The van der Waals surface area contributed by atoms with Crippen LogP contribution in [0.3, 0.4) is 0 Å². The largest absolute Gasteiger partial charge is 0.332 e. The Balaban J connectivity index is 1.66. The van der Waals surface area contributed by atoms with Crippen molar-refractivity contribution in [1.82, 2.24) is 4.90 Å². The summed E-state index contributed by atoms with van der Waals surface area (Å²) >= 11 is 7.53. The van der Waals surface area contributed by atoms with E-state index >= 15 is 0 Å². The van der Waals surface area contributed by atoms with E-state index in [1.807, 2.05) is 43.3 Å². The average Bonchev–Trinajstić information content (AvgIpc) is 3.02. The van der Waals surface area contributed by atoms with Crippen molar-refractivity contribution in [1.29, 1.82) is 0 Å². The van der Waals surface area contributed by atoms with E-state index in [-0.39, 0.29) is 22.9 Å². The molecule has 3 aliphatic rings. The van der Waals surface area contributed by atoms with E-state index in [1.165, 1.54) is 11.8 Å². The molecule has 5 heteroatoms. The zero-order chi connectivity index (χ0) is 20.1. The first-order chi connectivity index (χ1) is 14.1. The van der Waals surface area contributed by atoms with E-state index in [9.17, 15) is 9.59 Å². The van der Waals surface area contributed by atoms with Gasteiger partial charge in [0.1, 0.15) is 5.70 Å². The lowest BCUT2D eigenvalue weighted by molar-refractivity contribution is -0.112. The second kappa shape index (κ2) is 7.05. The first kappa shape index (κ1) is 18.5. The number of halogens is 1. The lowest BCUT2D eigenvalue weighted by Gasteiger charge is -2.42. The van der Waals surface area contributed by atoms with Gasteiger partial charge in [-0.05, 0) is 49.2 Å². The number of carbonyl (C=O) groups excluding carboxylic acids is 2. The van der Waals surface area contributed by atoms with Crippen molar-refractivity contribution in [2.24, 2.45) is 0 Å². The number of ketones is 2. The molecule has 3 aliphatic heterocycles. The maximum Gasteiger partial charge on any atom is 0.208 e. The molecule has 0 unspecified atom stereocenters. The summed E-state index contributed by atoms with van der Waals surface area (Å²) in [5.41, 5.74) is 3.99. The lowest BCUT2D eigenvalue weighted by Crippen LogP contribution is -2.47. The number of allylic oxidation sites excluding steroid dienone is 2. The van der Waals surface area contributed by atoms with Gasteiger partial charge in [-0.1, -0.05) is 48.0 Å². The van der Waals surface area contributed by atoms with Crippen LogP contribution in [-0.2, 0) is 4.79 Å². The van der Waals surface area contributed by atoms with Crippen LogP contribution in [0.5, 0.6) is 0 Å². The van der Waals surface area contributed by atoms with Crippen LogP contribution in [0.4, 0.5) is 0 Å². The molecule has 3 heterocycles. The molecule has 29 heavy (non-hydrogen) atoms. The molecule has 0 bridgehead atoms. The van der Waals surface area contributed by atoms with Gasteiger partial charge in [0.05, 0.1) is 11.3 Å². The molecule has 0 N–H and O–H groups in total. The second-order valence-electron chi connectivity index (χ2n) is 7.37. The Morgan fingerprint density at radius 1 is 1.10 bits per heavy atom. The number of hydrogen-bond acceptors (Lipinski definition) is 4. The molecule has 0 saturated heterocycles. The molecule has 0 amide bonds. The third-order valence-electron chi connectivity index (χ3n) is 5.66. The van der Waals surface area contributed by atoms with E-state index in [0.29, 0.717) is 16.3 Å². The summed E-state index contributed by atoms with van der Waals surface area (Å²) < 4.78 is 0. The zero-order valence-corrected chi connectivity index (χ0v) is 17.3. The van der Waals surface area contributed by atoms with Gasteiger partial charge in [0.15, 0.2) is 5.78 Å². The summed E-state index contributed by atoms with van der Waals surface area (Å²) in [5.74, 6) is 0.121. The monoisotopic (exact) mass is 419 g/mol. The third kappa shape index (κ3) is 2.90. The highest BCUT2D eigenvalue weighted by atomic mass is 35.5. The Kier molecular flexibility index (Phi) is 4.49. The SMILES string of the molecule is CC1=C2C=CC[C@H]3[C@H](C(=O)c4ccc(Cl)cc4)SC(c4ccccc4)=C(C1=O)N23. The maximum atomic E-state index is 13.5. The van der Waals surface area contributed by atoms with Gasteiger partial charge >= 0.3 is 0 Å². The van der Waals surface area contributed by atoms with Gasteiger partial charge in [0.2, 0.25) is 5.78 Å². The maximum absolute atomic E-state index is 13.5. The molecule has 2 aromatic rings. The van der Waals surface area contributed by atoms with Gasteiger partial charge in [-0.15, -0.1) is 11.8 Å². The number of Topliss-reactive ketones (excluding diaryl/α,β-unsaturated/α-hetero) is 2. The molecule has 3 nitrogen and oxygen atoms in total. The summed E-state index contributed by atoms with van der Waals surface area (Å²) in [6, 6.07) is 16.9. The number of carbonyl (C=O) groups is 2. The summed E-state index contributed by atoms with van der Waals surface area (Å²) in [4.78, 5) is 29.6. The van der Waals surface area contributed by atoms with Crippen molar-refractivity contribution in [2.75, 3.05) is 0 Å². The normalized spacial score (nSPS) is 23.0. The zero-order valence-electron chi connectivity index (χ0n) is 15.8. The first-order valence-corrected chi connectivity index (χ1v) is 10.8. The predicted octanol–water partition coefficient (Wildman–Crippen LogP) is 5.49. The van der Waals surface area contributed by atoms with Crippen LogP contribution in [0.1, 0.15) is 29.3 Å². The van der Waals surface area contributed by atoms with Gasteiger partial charge in [-0.3, -0.25) is 9.59 Å². The standard InChI is InChI=1S/C24H18ClNO2S/c1-14-18-8-5-9-19-24(22(28)15-10-12-17(25)13-11-15)29-23(16-6-3-2-4-7-16)20(21(14)27)26(18)19/h2-8,10-13,19,24H,9H2,1H3/t19-,24+/m0/s1. The first-order valence-electron chi connectivity index (χ1n) is 9.54. The molecule has 0 radical (unpaired) electrons. The molecule has 144 valence electrons. The molecule has 0 fully saturated rings. The molecular formula is C24H18ClNO2S. The van der Waals surface area contributed by atoms with E-state index in [2.05, 4.69) is 11.0 Å². The van der Waals surface area contributed by atoms with Crippen molar-refractivity contribution >= 4 is 39.8 Å². The number of hydrogen-bond donors (Lipinski definition) is 0. The molecule has 2 atom stereocenters. The van der Waals surface area contributed by atoms with Crippen molar-refractivity contribution in [3.8, 4) is 0 Å². The summed E-state index contributed by atoms with van der Waals surface area (Å²) in [6.45, 7) is 1.87. The Labute approximate surface area is 178 Å². The third-order valence-corrected chi connectivity index (χ3v) is 7.36. The predicted molar refractivity (Wildman–Crippen MR) is 118 cm³/mol. The number of rotatable bonds is 3. The van der Waals surface area contributed by atoms with Crippen LogP contribution in [0.25, 0.3) is 4.91 Å². The minimum absolute atomic E-state index is 0.0558. The van der Waals surface area contributed by atoms with Crippen LogP contribution < -0.4 is 0 Å². The van der Waals surface area contributed by atoms with Gasteiger partial charge in [0.25, 0.3) is 0 Å². The smallest absolute Gasteiger partial charge is 0.208 e. The molecule has 0 spiro atoms. The van der Waals surface area contributed by atoms with Crippen molar-refractivity contribution in [3.63, 3.8) is 0 Å². The number of thioether (sulfide) groups is 1. The summed E-state index contributed by atoms with van der Waals surface area (Å²) in [5, 5.41) is 0.297. The van der Waals surface area contributed by atoms with Crippen LogP contribution >= 0.6 is 23.4 Å². The quantitative estimate of drug-likeness (QED) is 0.616. The fourth-order valence-electron chi connectivity index (χ4n) is 4.21. The van der Waals surface area contributed by atoms with Gasteiger partial charge < -0.3 is 4.90 Å². The van der Waals surface area contributed by atoms with Gasteiger partial charge in [-0.2, -0.15) is 0 Å². The Bertz CT molecular complexity index is 1120. The highest BCUT2D eigenvalue weighted by Crippen LogP contribution is 2.51. The fraction of sp³-hybridized carbons (Fsp3) is 0.167. The molecule has 2 aromatic carbocycles. The van der Waals surface area contributed by atoms with Crippen LogP contribution in [-0.4, -0.2) is 27.8 Å². The van der Waals surface area contributed by atoms with Crippen molar-refractivity contribution in [2.45, 2.75) is 24.6 Å². The Morgan fingerprint density at radius 2 is 1.83 bits per heavy atom. The molecular weight excluding hydrogens is 402 g/mol. The van der Waals surface area contributed by atoms with Crippen LogP contribution in [0.15, 0.2) is 83.7 Å². The minimum Gasteiger partial charge on any atom is -0.332 e. The molecule has 0 saturated carbocycles. The van der Waals surface area contributed by atoms with Gasteiger partial charge in [0, 0.05) is 26.8 Å². The Hall–Kier alpha value is -2.56. The average molecular weight is 420 g/mol. The molecule has 5 rings (SSSR count). The van der Waals surface area contributed by atoms with E-state index < -0.39 is 0 Å². The summed E-state index contributed by atoms with van der Waals surface area (Å²) in [6.07, 6.45) is 4.82. The highest BCUT2D eigenvalue weighted by Gasteiger charge is 2.48. The molecule has 0 aliphatic carbocycles. The minimum atomic E-state index is -0.311. The topological polar surface area (TPSA) is 37.4 Å². The van der Waals surface area contributed by atoms with Crippen LogP contribution in [0, 0.1) is 0 Å². The van der Waals surface area contributed by atoms with Crippen molar-refractivity contribution < 1.29 is 9.59 Å². The number of benzene rings is 2. The van der Waals surface area contributed by atoms with E-state index in [0.717, 1.165) is 28.2 Å². The fourth-order valence-corrected chi connectivity index (χ4v) is 5.80. The summed E-state index contributed by atoms with van der Waals surface area (Å²) in [7, 11) is 0. The molecule has 0 aromatic heterocycles. The van der Waals surface area contributed by atoms with Crippen LogP contribution in [0.2, 0.25) is 5.02 Å². The van der Waals surface area contributed by atoms with Gasteiger partial charge in [-0.25, -0.2) is 0 Å². The lowest BCUT2D eigenvalue weighted by atomic mass is 9.96. The highest BCUT2D eigenvalue weighted by molar-refractivity contribution is 8.09. The number of nitrogens with zero attached hydrogens (tertiary/aromatic N) is 1. The Morgan fingerprint density at radius 3 is 2.55 bits per heavy atom.